The zero-order chi connectivity index (χ0) is 11.1. The molecule has 0 heterocycles. The van der Waals surface area contributed by atoms with Crippen LogP contribution in [0.2, 0.25) is 0 Å². The second-order valence-electron chi connectivity index (χ2n) is 3.83. The largest absolute Gasteiger partial charge is 0.480 e. The van der Waals surface area contributed by atoms with Gasteiger partial charge in [-0.1, -0.05) is 12.1 Å². The van der Waals surface area contributed by atoms with Gasteiger partial charge in [0.2, 0.25) is 0 Å². The van der Waals surface area contributed by atoms with Gasteiger partial charge < -0.3 is 10.4 Å². The Kier molecular flexibility index (Phi) is 2.23. The number of carboxylic acid groups (broad SMARTS) is 1. The number of hydrogen-bond acceptors (Lipinski definition) is 2. The van der Waals surface area contributed by atoms with E-state index in [2.05, 4.69) is 5.32 Å². The summed E-state index contributed by atoms with van der Waals surface area (Å²) in [6.45, 7) is 0. The van der Waals surface area contributed by atoms with E-state index >= 15 is 0 Å². The Hall–Kier alpha value is -1.42. The minimum atomic E-state index is -0.849. The molecule has 80 valence electrons. The first-order valence-electron chi connectivity index (χ1n) is 4.78. The first-order valence-corrected chi connectivity index (χ1v) is 4.78. The lowest BCUT2D eigenvalue weighted by Gasteiger charge is -2.10. The number of nitrogens with one attached hydrogen (secondary N) is 1. The van der Waals surface area contributed by atoms with E-state index in [-0.39, 0.29) is 11.7 Å². The molecule has 1 aromatic rings. The number of halogens is 1. The van der Waals surface area contributed by atoms with Gasteiger partial charge >= 0.3 is 5.97 Å². The zero-order valence-electron chi connectivity index (χ0n) is 8.33. The van der Waals surface area contributed by atoms with E-state index in [1.807, 2.05) is 0 Å². The molecule has 15 heavy (non-hydrogen) atoms. The molecule has 1 aliphatic carbocycles. The predicted molar refractivity (Wildman–Crippen MR) is 53.2 cm³/mol. The van der Waals surface area contributed by atoms with Gasteiger partial charge in [0, 0.05) is 5.92 Å². The number of hydrogen-bond donors (Lipinski definition) is 2. The summed E-state index contributed by atoms with van der Waals surface area (Å²) >= 11 is 0. The highest BCUT2D eigenvalue weighted by atomic mass is 19.1. The third kappa shape index (κ3) is 1.51. The molecule has 0 amide bonds. The number of benzene rings is 1. The number of rotatable bonds is 3. The number of carbonyl (C=O) groups is 1. The molecule has 2 unspecified atom stereocenters. The van der Waals surface area contributed by atoms with Crippen LogP contribution in [0.15, 0.2) is 24.3 Å². The molecular formula is C11H12FNO2. The van der Waals surface area contributed by atoms with Gasteiger partial charge in [-0.15, -0.1) is 0 Å². The highest BCUT2D eigenvalue weighted by Gasteiger charge is 2.60. The normalized spacial score (nSPS) is 28.8. The van der Waals surface area contributed by atoms with Crippen molar-refractivity contribution in [2.45, 2.75) is 17.9 Å². The van der Waals surface area contributed by atoms with Crippen LogP contribution in [-0.4, -0.2) is 23.7 Å². The monoisotopic (exact) mass is 209 g/mol. The first-order chi connectivity index (χ1) is 7.10. The smallest absolute Gasteiger partial charge is 0.324 e. The molecule has 2 atom stereocenters. The van der Waals surface area contributed by atoms with Crippen LogP contribution in [-0.2, 0) is 4.79 Å². The molecule has 2 rings (SSSR count). The van der Waals surface area contributed by atoms with Gasteiger partial charge in [-0.05, 0) is 31.2 Å². The van der Waals surface area contributed by atoms with Crippen LogP contribution in [0.4, 0.5) is 4.39 Å². The maximum Gasteiger partial charge on any atom is 0.324 e. The van der Waals surface area contributed by atoms with E-state index < -0.39 is 11.5 Å². The van der Waals surface area contributed by atoms with Crippen LogP contribution < -0.4 is 5.32 Å². The molecule has 1 fully saturated rings. The fraction of sp³-hybridized carbons (Fsp3) is 0.364. The van der Waals surface area contributed by atoms with Crippen molar-refractivity contribution in [2.24, 2.45) is 0 Å². The number of aliphatic carboxylic acids is 1. The summed E-state index contributed by atoms with van der Waals surface area (Å²) in [7, 11) is 1.64. The molecule has 4 heteroatoms. The van der Waals surface area contributed by atoms with Crippen molar-refractivity contribution >= 4 is 5.97 Å². The van der Waals surface area contributed by atoms with E-state index in [4.69, 9.17) is 5.11 Å². The van der Waals surface area contributed by atoms with E-state index in [9.17, 15) is 9.18 Å². The zero-order valence-corrected chi connectivity index (χ0v) is 8.33. The molecule has 0 aromatic heterocycles. The second-order valence-corrected chi connectivity index (χ2v) is 3.83. The van der Waals surface area contributed by atoms with E-state index in [1.165, 1.54) is 12.1 Å². The van der Waals surface area contributed by atoms with E-state index in [1.54, 1.807) is 19.2 Å². The van der Waals surface area contributed by atoms with Crippen LogP contribution in [0, 0.1) is 5.82 Å². The fourth-order valence-corrected chi connectivity index (χ4v) is 1.98. The highest BCUT2D eigenvalue weighted by molar-refractivity contribution is 5.85. The van der Waals surface area contributed by atoms with Crippen LogP contribution in [0.3, 0.4) is 0 Å². The Morgan fingerprint density at radius 2 is 2.13 bits per heavy atom. The lowest BCUT2D eigenvalue weighted by atomic mass is 10.1. The fourth-order valence-electron chi connectivity index (χ4n) is 1.98. The average Bonchev–Trinajstić information content (AvgIpc) is 2.95. The second kappa shape index (κ2) is 3.31. The summed E-state index contributed by atoms with van der Waals surface area (Å²) < 4.78 is 12.7. The van der Waals surface area contributed by atoms with Crippen LogP contribution >= 0.6 is 0 Å². The molecule has 1 aromatic carbocycles. The molecule has 0 saturated heterocycles. The minimum absolute atomic E-state index is 0.0550. The molecular weight excluding hydrogens is 197 g/mol. The molecule has 2 N–H and O–H groups in total. The minimum Gasteiger partial charge on any atom is -0.480 e. The summed E-state index contributed by atoms with van der Waals surface area (Å²) in [4.78, 5) is 11.0. The molecule has 0 bridgehead atoms. The molecule has 0 spiro atoms. The Morgan fingerprint density at radius 3 is 2.53 bits per heavy atom. The number of likely N-dealkylation sites (N-methyl/N-ethyl adjacent to an activating group) is 1. The van der Waals surface area contributed by atoms with Crippen LogP contribution in [0.1, 0.15) is 17.9 Å². The van der Waals surface area contributed by atoms with Crippen molar-refractivity contribution in [1.29, 1.82) is 0 Å². The topological polar surface area (TPSA) is 49.3 Å². The van der Waals surface area contributed by atoms with Crippen molar-refractivity contribution in [3.05, 3.63) is 35.6 Å². The standard InChI is InChI=1S/C11H12FNO2/c1-13-11(10(14)15)6-9(11)7-2-4-8(12)5-3-7/h2-5,9,13H,6H2,1H3,(H,14,15). The van der Waals surface area contributed by atoms with Gasteiger partial charge in [-0.3, -0.25) is 4.79 Å². The summed E-state index contributed by atoms with van der Waals surface area (Å²) in [5.74, 6) is -1.20. The summed E-state index contributed by atoms with van der Waals surface area (Å²) in [5.41, 5.74) is 0.0193. The molecule has 1 aliphatic rings. The maximum atomic E-state index is 12.7. The van der Waals surface area contributed by atoms with E-state index in [0.717, 1.165) is 5.56 Å². The third-order valence-corrected chi connectivity index (χ3v) is 3.06. The highest BCUT2D eigenvalue weighted by Crippen LogP contribution is 2.51. The quantitative estimate of drug-likeness (QED) is 0.790. The maximum absolute atomic E-state index is 12.7. The number of carboxylic acids is 1. The summed E-state index contributed by atoms with van der Waals surface area (Å²) in [6, 6.07) is 6.00. The van der Waals surface area contributed by atoms with Gasteiger partial charge in [0.15, 0.2) is 0 Å². The Balaban J connectivity index is 2.22. The van der Waals surface area contributed by atoms with Gasteiger partial charge in [0.25, 0.3) is 0 Å². The summed E-state index contributed by atoms with van der Waals surface area (Å²) in [6.07, 6.45) is 0.560. The SMILES string of the molecule is CNC1(C(=O)O)CC1c1ccc(F)cc1. The molecule has 0 aliphatic heterocycles. The summed E-state index contributed by atoms with van der Waals surface area (Å²) in [5, 5.41) is 11.9. The lowest BCUT2D eigenvalue weighted by molar-refractivity contribution is -0.140. The van der Waals surface area contributed by atoms with Gasteiger partial charge in [0.1, 0.15) is 11.4 Å². The first kappa shape index (κ1) is 10.1. The van der Waals surface area contributed by atoms with Crippen LogP contribution in [0.25, 0.3) is 0 Å². The van der Waals surface area contributed by atoms with Crippen molar-refractivity contribution in [2.75, 3.05) is 7.05 Å². The average molecular weight is 209 g/mol. The van der Waals surface area contributed by atoms with Gasteiger partial charge in [-0.2, -0.15) is 0 Å². The van der Waals surface area contributed by atoms with E-state index in [0.29, 0.717) is 6.42 Å². The van der Waals surface area contributed by atoms with Crippen LogP contribution in [0.5, 0.6) is 0 Å². The van der Waals surface area contributed by atoms with Gasteiger partial charge in [-0.25, -0.2) is 4.39 Å². The molecule has 3 nitrogen and oxygen atoms in total. The van der Waals surface area contributed by atoms with Crippen molar-refractivity contribution in [3.8, 4) is 0 Å². The Bertz CT molecular complexity index is 390. The Morgan fingerprint density at radius 1 is 1.53 bits per heavy atom. The Labute approximate surface area is 86.9 Å². The van der Waals surface area contributed by atoms with Crippen molar-refractivity contribution in [1.82, 2.24) is 5.32 Å². The lowest BCUT2D eigenvalue weighted by Crippen LogP contribution is -2.38. The molecule has 1 saturated carbocycles. The molecule has 0 radical (unpaired) electrons. The van der Waals surface area contributed by atoms with Crippen molar-refractivity contribution < 1.29 is 14.3 Å². The predicted octanol–water partition coefficient (Wildman–Crippen LogP) is 1.36. The van der Waals surface area contributed by atoms with Gasteiger partial charge in [0.05, 0.1) is 0 Å². The van der Waals surface area contributed by atoms with Crippen molar-refractivity contribution in [3.63, 3.8) is 0 Å². The third-order valence-electron chi connectivity index (χ3n) is 3.06.